The smallest absolute Gasteiger partial charge is 0.0453 e. The Morgan fingerprint density at radius 1 is 1.19 bits per heavy atom. The molecule has 21 heavy (non-hydrogen) atoms. The lowest BCUT2D eigenvalue weighted by molar-refractivity contribution is 0.268. The lowest BCUT2D eigenvalue weighted by atomic mass is 10.0. The molecule has 0 radical (unpaired) electrons. The number of nitrogens with zero attached hydrogens (tertiary/aromatic N) is 1. The zero-order valence-electron chi connectivity index (χ0n) is 13.3. The van der Waals surface area contributed by atoms with Gasteiger partial charge in [-0.1, -0.05) is 36.7 Å². The van der Waals surface area contributed by atoms with Crippen molar-refractivity contribution < 1.29 is 5.11 Å². The maximum absolute atomic E-state index is 8.78. The molecule has 3 nitrogen and oxygen atoms in total. The Balaban J connectivity index is 2.43. The maximum atomic E-state index is 8.78. The van der Waals surface area contributed by atoms with Crippen molar-refractivity contribution in [1.29, 1.82) is 0 Å². The number of aliphatic hydroxyl groups is 1. The van der Waals surface area contributed by atoms with E-state index in [0.717, 1.165) is 50.3 Å². The molecule has 1 rings (SSSR count). The highest BCUT2D eigenvalue weighted by molar-refractivity contribution is 6.31. The van der Waals surface area contributed by atoms with Gasteiger partial charge in [-0.3, -0.25) is 0 Å². The molecule has 1 atom stereocenters. The van der Waals surface area contributed by atoms with Crippen molar-refractivity contribution in [3.05, 3.63) is 34.9 Å². The minimum Gasteiger partial charge on any atom is -0.396 e. The third-order valence-corrected chi connectivity index (χ3v) is 4.07. The summed E-state index contributed by atoms with van der Waals surface area (Å²) >= 11 is 6.31. The van der Waals surface area contributed by atoms with Crippen LogP contribution in [0.15, 0.2) is 24.3 Å². The Bertz CT molecular complexity index is 387. The second-order valence-electron chi connectivity index (χ2n) is 5.51. The largest absolute Gasteiger partial charge is 0.396 e. The van der Waals surface area contributed by atoms with E-state index in [9.17, 15) is 0 Å². The first-order chi connectivity index (χ1) is 10.2. The summed E-state index contributed by atoms with van der Waals surface area (Å²) in [5, 5.41) is 13.2. The van der Waals surface area contributed by atoms with Gasteiger partial charge < -0.3 is 15.3 Å². The highest BCUT2D eigenvalue weighted by atomic mass is 35.5. The number of halogens is 1. The molecular weight excluding hydrogens is 284 g/mol. The van der Waals surface area contributed by atoms with Gasteiger partial charge in [0, 0.05) is 17.7 Å². The fraction of sp³-hybridized carbons (Fsp3) is 0.647. The molecule has 0 fully saturated rings. The molecular formula is C17H29ClN2O. The van der Waals surface area contributed by atoms with Crippen molar-refractivity contribution in [1.82, 2.24) is 10.2 Å². The van der Waals surface area contributed by atoms with E-state index in [4.69, 9.17) is 16.7 Å². The van der Waals surface area contributed by atoms with Crippen molar-refractivity contribution in [2.75, 3.05) is 33.3 Å². The molecule has 0 saturated heterocycles. The van der Waals surface area contributed by atoms with E-state index in [1.54, 1.807) is 0 Å². The van der Waals surface area contributed by atoms with E-state index in [0.29, 0.717) is 12.6 Å². The van der Waals surface area contributed by atoms with Crippen LogP contribution >= 0.6 is 11.6 Å². The third kappa shape index (κ3) is 7.28. The molecule has 0 aliphatic rings. The zero-order valence-corrected chi connectivity index (χ0v) is 14.1. The van der Waals surface area contributed by atoms with Gasteiger partial charge in [0.05, 0.1) is 0 Å². The van der Waals surface area contributed by atoms with E-state index in [1.165, 1.54) is 5.56 Å². The number of hydrogen-bond acceptors (Lipinski definition) is 3. The molecule has 0 aliphatic carbocycles. The zero-order chi connectivity index (χ0) is 15.5. The first-order valence-electron chi connectivity index (χ1n) is 7.96. The van der Waals surface area contributed by atoms with Gasteiger partial charge in [0.1, 0.15) is 0 Å². The number of hydrogen-bond donors (Lipinski definition) is 2. The van der Waals surface area contributed by atoms with E-state index in [2.05, 4.69) is 30.3 Å². The van der Waals surface area contributed by atoms with Crippen LogP contribution in [0.25, 0.3) is 0 Å². The summed E-state index contributed by atoms with van der Waals surface area (Å²) in [7, 11) is 2.16. The van der Waals surface area contributed by atoms with E-state index in [1.807, 2.05) is 18.2 Å². The summed E-state index contributed by atoms with van der Waals surface area (Å²) in [6.07, 6.45) is 4.21. The topological polar surface area (TPSA) is 35.5 Å². The quantitative estimate of drug-likeness (QED) is 0.614. The number of nitrogens with one attached hydrogen (secondary N) is 1. The second kappa shape index (κ2) is 11.0. The van der Waals surface area contributed by atoms with Gasteiger partial charge in [-0.05, 0) is 64.0 Å². The predicted octanol–water partition coefficient (Wildman–Crippen LogP) is 3.48. The molecule has 0 saturated carbocycles. The van der Waals surface area contributed by atoms with Gasteiger partial charge in [0.15, 0.2) is 0 Å². The Kier molecular flexibility index (Phi) is 9.68. The lowest BCUT2D eigenvalue weighted by Gasteiger charge is -2.23. The van der Waals surface area contributed by atoms with Crippen LogP contribution in [0, 0.1) is 0 Å². The number of rotatable bonds is 11. The molecule has 0 amide bonds. The SMILES string of the molecule is CCNC(CCN(C)CCCCCO)c1ccccc1Cl. The van der Waals surface area contributed by atoms with Crippen LogP contribution in [0.3, 0.4) is 0 Å². The summed E-state index contributed by atoms with van der Waals surface area (Å²) in [6, 6.07) is 8.40. The van der Waals surface area contributed by atoms with Crippen molar-refractivity contribution >= 4 is 11.6 Å². The van der Waals surface area contributed by atoms with Crippen molar-refractivity contribution in [3.8, 4) is 0 Å². The molecule has 4 heteroatoms. The van der Waals surface area contributed by atoms with Gasteiger partial charge in [0.25, 0.3) is 0 Å². The van der Waals surface area contributed by atoms with Crippen LogP contribution in [0.2, 0.25) is 5.02 Å². The van der Waals surface area contributed by atoms with Crippen LogP contribution in [0.4, 0.5) is 0 Å². The third-order valence-electron chi connectivity index (χ3n) is 3.73. The summed E-state index contributed by atoms with van der Waals surface area (Å²) < 4.78 is 0. The first kappa shape index (κ1) is 18.4. The normalized spacial score (nSPS) is 12.8. The van der Waals surface area contributed by atoms with Crippen molar-refractivity contribution in [2.45, 2.75) is 38.6 Å². The summed E-state index contributed by atoms with van der Waals surface area (Å²) in [4.78, 5) is 2.36. The van der Waals surface area contributed by atoms with Crippen LogP contribution in [0.1, 0.15) is 44.2 Å². The Morgan fingerprint density at radius 3 is 2.62 bits per heavy atom. The maximum Gasteiger partial charge on any atom is 0.0453 e. The fourth-order valence-corrected chi connectivity index (χ4v) is 2.77. The van der Waals surface area contributed by atoms with Crippen molar-refractivity contribution in [2.24, 2.45) is 0 Å². The number of aliphatic hydroxyl groups excluding tert-OH is 1. The predicted molar refractivity (Wildman–Crippen MR) is 90.9 cm³/mol. The van der Waals surface area contributed by atoms with Crippen LogP contribution in [-0.2, 0) is 0 Å². The Hall–Kier alpha value is -0.610. The summed E-state index contributed by atoms with van der Waals surface area (Å²) in [5.74, 6) is 0. The summed E-state index contributed by atoms with van der Waals surface area (Å²) in [6.45, 7) is 5.50. The second-order valence-corrected chi connectivity index (χ2v) is 5.92. The molecule has 1 aromatic rings. The molecule has 1 unspecified atom stereocenters. The van der Waals surface area contributed by atoms with Crippen molar-refractivity contribution in [3.63, 3.8) is 0 Å². The van der Waals surface area contributed by atoms with E-state index in [-0.39, 0.29) is 0 Å². The molecule has 0 aliphatic heterocycles. The van der Waals surface area contributed by atoms with Gasteiger partial charge in [-0.15, -0.1) is 0 Å². The number of unbranched alkanes of at least 4 members (excludes halogenated alkanes) is 2. The highest BCUT2D eigenvalue weighted by Crippen LogP contribution is 2.25. The molecule has 1 aromatic carbocycles. The van der Waals surface area contributed by atoms with Gasteiger partial charge in [0.2, 0.25) is 0 Å². The molecule has 120 valence electrons. The van der Waals surface area contributed by atoms with Crippen LogP contribution < -0.4 is 5.32 Å². The van der Waals surface area contributed by atoms with Crippen LogP contribution in [0.5, 0.6) is 0 Å². The monoisotopic (exact) mass is 312 g/mol. The lowest BCUT2D eigenvalue weighted by Crippen LogP contribution is -2.28. The molecule has 0 heterocycles. The summed E-state index contributed by atoms with van der Waals surface area (Å²) in [5.41, 5.74) is 1.19. The molecule has 0 bridgehead atoms. The Labute approximate surface area is 134 Å². The number of benzene rings is 1. The molecule has 0 spiro atoms. The van der Waals surface area contributed by atoms with Gasteiger partial charge in [-0.25, -0.2) is 0 Å². The average molecular weight is 313 g/mol. The fourth-order valence-electron chi connectivity index (χ4n) is 2.50. The minimum atomic E-state index is 0.304. The van der Waals surface area contributed by atoms with Crippen LogP contribution in [-0.4, -0.2) is 43.3 Å². The Morgan fingerprint density at radius 2 is 1.95 bits per heavy atom. The first-order valence-corrected chi connectivity index (χ1v) is 8.34. The van der Waals surface area contributed by atoms with Gasteiger partial charge in [-0.2, -0.15) is 0 Å². The standard InChI is InChI=1S/C17H29ClN2O/c1-3-19-17(15-9-5-6-10-16(15)18)11-13-20(2)12-7-4-8-14-21/h5-6,9-10,17,19,21H,3-4,7-8,11-14H2,1-2H3. The van der Waals surface area contributed by atoms with Gasteiger partial charge >= 0.3 is 0 Å². The average Bonchev–Trinajstić information content (AvgIpc) is 2.49. The highest BCUT2D eigenvalue weighted by Gasteiger charge is 2.13. The molecule has 2 N–H and O–H groups in total. The minimum absolute atomic E-state index is 0.304. The molecule has 0 aromatic heterocycles. The van der Waals surface area contributed by atoms with E-state index < -0.39 is 0 Å². The van der Waals surface area contributed by atoms with E-state index >= 15 is 0 Å².